The normalized spacial score (nSPS) is 14.5. The molecule has 0 spiro atoms. The van der Waals surface area contributed by atoms with Gasteiger partial charge < -0.3 is 21.0 Å². The molecule has 0 amide bonds. The Morgan fingerprint density at radius 3 is 2.90 bits per heavy atom. The van der Waals surface area contributed by atoms with E-state index in [0.29, 0.717) is 6.29 Å². The fraction of sp³-hybridized carbons (Fsp3) is 0.400. The molecule has 58 valence electrons. The maximum Gasteiger partial charge on any atom is 0.159 e. The lowest BCUT2D eigenvalue weighted by atomic mass is 10.5. The lowest BCUT2D eigenvalue weighted by Crippen LogP contribution is -2.21. The molecule has 4 N–H and O–H groups in total. The third-order valence-electron chi connectivity index (χ3n) is 0.724. The Kier molecular flexibility index (Phi) is 4.43. The number of nitrogens with two attached hydrogens (primary N) is 1. The highest BCUT2D eigenvalue weighted by Crippen LogP contribution is 1.94. The molecule has 0 saturated carbocycles. The second kappa shape index (κ2) is 4.89. The smallest absolute Gasteiger partial charge is 0.159 e. The maximum atomic E-state index is 12.2. The van der Waals surface area contributed by atoms with Gasteiger partial charge in [0.25, 0.3) is 0 Å². The Hall–Kier alpha value is -0.940. The van der Waals surface area contributed by atoms with Gasteiger partial charge in [0.15, 0.2) is 12.1 Å². The summed E-state index contributed by atoms with van der Waals surface area (Å²) in [5.74, 6) is -0.901. The standard InChI is InChI=1S/C5H9FN2O2/c6-4(5(7)10)3-8-1-2-9/h2-3,5,8,10H,1,7H2/b4-3+. The largest absolute Gasteiger partial charge is 0.382 e. The molecule has 0 fully saturated rings. The van der Waals surface area contributed by atoms with Crippen molar-refractivity contribution in [3.8, 4) is 0 Å². The van der Waals surface area contributed by atoms with Crippen LogP contribution in [0.1, 0.15) is 0 Å². The van der Waals surface area contributed by atoms with Crippen molar-refractivity contribution in [2.75, 3.05) is 6.54 Å². The van der Waals surface area contributed by atoms with Crippen LogP contribution in [0, 0.1) is 0 Å². The Labute approximate surface area is 57.5 Å². The molecule has 0 aromatic rings. The van der Waals surface area contributed by atoms with Gasteiger partial charge in [-0.15, -0.1) is 0 Å². The second-order valence-corrected chi connectivity index (χ2v) is 1.55. The number of aliphatic hydroxyl groups is 1. The summed E-state index contributed by atoms with van der Waals surface area (Å²) in [7, 11) is 0. The van der Waals surface area contributed by atoms with E-state index in [-0.39, 0.29) is 6.54 Å². The van der Waals surface area contributed by atoms with Crippen LogP contribution in [-0.2, 0) is 4.79 Å². The van der Waals surface area contributed by atoms with Crippen molar-refractivity contribution in [2.24, 2.45) is 5.73 Å². The number of hydrogen-bond acceptors (Lipinski definition) is 4. The van der Waals surface area contributed by atoms with E-state index >= 15 is 0 Å². The zero-order valence-electron chi connectivity index (χ0n) is 5.25. The van der Waals surface area contributed by atoms with Gasteiger partial charge in [-0.25, -0.2) is 4.39 Å². The monoisotopic (exact) mass is 148 g/mol. The third-order valence-corrected chi connectivity index (χ3v) is 0.724. The number of aliphatic hydroxyl groups excluding tert-OH is 1. The molecule has 1 atom stereocenters. The van der Waals surface area contributed by atoms with Crippen LogP contribution in [0.15, 0.2) is 12.0 Å². The second-order valence-electron chi connectivity index (χ2n) is 1.55. The van der Waals surface area contributed by atoms with Crippen molar-refractivity contribution < 1.29 is 14.3 Å². The molecule has 0 aromatic carbocycles. The van der Waals surface area contributed by atoms with Crippen molar-refractivity contribution >= 4 is 6.29 Å². The van der Waals surface area contributed by atoms with Gasteiger partial charge in [0.2, 0.25) is 0 Å². The lowest BCUT2D eigenvalue weighted by Gasteiger charge is -1.99. The Morgan fingerprint density at radius 2 is 2.50 bits per heavy atom. The van der Waals surface area contributed by atoms with Gasteiger partial charge in [-0.1, -0.05) is 0 Å². The van der Waals surface area contributed by atoms with E-state index < -0.39 is 12.1 Å². The molecule has 0 rings (SSSR count). The van der Waals surface area contributed by atoms with E-state index in [1.807, 2.05) is 0 Å². The van der Waals surface area contributed by atoms with Gasteiger partial charge in [0.05, 0.1) is 6.54 Å². The first-order valence-corrected chi connectivity index (χ1v) is 2.64. The molecule has 5 heteroatoms. The van der Waals surface area contributed by atoms with Crippen LogP contribution in [0.2, 0.25) is 0 Å². The quantitative estimate of drug-likeness (QED) is 0.268. The predicted octanol–water partition coefficient (Wildman–Crippen LogP) is -1.14. The molecule has 0 aromatic heterocycles. The Morgan fingerprint density at radius 1 is 1.90 bits per heavy atom. The highest BCUT2D eigenvalue weighted by molar-refractivity contribution is 5.52. The van der Waals surface area contributed by atoms with Crippen LogP contribution >= 0.6 is 0 Å². The Balaban J connectivity index is 3.57. The first-order chi connectivity index (χ1) is 4.68. The first kappa shape index (κ1) is 9.06. The van der Waals surface area contributed by atoms with Crippen LogP contribution in [0.3, 0.4) is 0 Å². The predicted molar refractivity (Wildman–Crippen MR) is 33.5 cm³/mol. The topological polar surface area (TPSA) is 75.3 Å². The van der Waals surface area contributed by atoms with E-state index in [1.165, 1.54) is 0 Å². The van der Waals surface area contributed by atoms with Crippen LogP contribution in [0.5, 0.6) is 0 Å². The minimum Gasteiger partial charge on any atom is -0.382 e. The Bertz CT molecular complexity index is 136. The summed E-state index contributed by atoms with van der Waals surface area (Å²) < 4.78 is 12.2. The average molecular weight is 148 g/mol. The van der Waals surface area contributed by atoms with E-state index in [4.69, 9.17) is 10.8 Å². The summed E-state index contributed by atoms with van der Waals surface area (Å²) in [6, 6.07) is 0. The summed E-state index contributed by atoms with van der Waals surface area (Å²) in [4.78, 5) is 9.65. The minimum absolute atomic E-state index is 0.000139. The molecule has 10 heavy (non-hydrogen) atoms. The zero-order chi connectivity index (χ0) is 7.98. The van der Waals surface area contributed by atoms with Crippen LogP contribution in [-0.4, -0.2) is 24.2 Å². The van der Waals surface area contributed by atoms with E-state index in [9.17, 15) is 9.18 Å². The summed E-state index contributed by atoms with van der Waals surface area (Å²) in [5, 5.41) is 10.6. The molecule has 0 bridgehead atoms. The molecule has 1 unspecified atom stereocenters. The van der Waals surface area contributed by atoms with E-state index in [1.54, 1.807) is 0 Å². The molecule has 0 saturated heterocycles. The number of carbonyl (C=O) groups is 1. The van der Waals surface area contributed by atoms with Crippen molar-refractivity contribution in [3.63, 3.8) is 0 Å². The number of halogens is 1. The fourth-order valence-electron chi connectivity index (χ4n) is 0.290. The SMILES string of the molecule is NC(O)/C(F)=C\NCC=O. The van der Waals surface area contributed by atoms with Gasteiger partial charge in [0.1, 0.15) is 6.29 Å². The number of aldehydes is 1. The van der Waals surface area contributed by atoms with Gasteiger partial charge >= 0.3 is 0 Å². The molecule has 0 aliphatic heterocycles. The number of rotatable bonds is 4. The summed E-state index contributed by atoms with van der Waals surface area (Å²) in [6.45, 7) is 0.000139. The van der Waals surface area contributed by atoms with Gasteiger partial charge in [0, 0.05) is 6.20 Å². The number of nitrogens with one attached hydrogen (secondary N) is 1. The fourth-order valence-corrected chi connectivity index (χ4v) is 0.290. The summed E-state index contributed by atoms with van der Waals surface area (Å²) in [6.07, 6.45) is -0.203. The van der Waals surface area contributed by atoms with Gasteiger partial charge in [-0.3, -0.25) is 0 Å². The van der Waals surface area contributed by atoms with Gasteiger partial charge in [-0.2, -0.15) is 0 Å². The molecular formula is C5H9FN2O2. The van der Waals surface area contributed by atoms with Crippen molar-refractivity contribution in [1.82, 2.24) is 5.32 Å². The number of carbonyl (C=O) groups excluding carboxylic acids is 1. The molecule has 4 nitrogen and oxygen atoms in total. The summed E-state index contributed by atoms with van der Waals surface area (Å²) in [5.41, 5.74) is 4.70. The molecular weight excluding hydrogens is 139 g/mol. The highest BCUT2D eigenvalue weighted by Gasteiger charge is 2.00. The summed E-state index contributed by atoms with van der Waals surface area (Å²) >= 11 is 0. The first-order valence-electron chi connectivity index (χ1n) is 2.64. The molecule has 0 aliphatic rings. The van der Waals surface area contributed by atoms with Crippen molar-refractivity contribution in [3.05, 3.63) is 12.0 Å². The van der Waals surface area contributed by atoms with E-state index in [0.717, 1.165) is 6.20 Å². The molecule has 0 radical (unpaired) electrons. The van der Waals surface area contributed by atoms with Crippen molar-refractivity contribution in [1.29, 1.82) is 0 Å². The number of hydrogen-bond donors (Lipinski definition) is 3. The van der Waals surface area contributed by atoms with Crippen molar-refractivity contribution in [2.45, 2.75) is 6.23 Å². The molecule has 0 aliphatic carbocycles. The van der Waals surface area contributed by atoms with Crippen LogP contribution in [0.4, 0.5) is 4.39 Å². The van der Waals surface area contributed by atoms with E-state index in [2.05, 4.69) is 5.32 Å². The average Bonchev–Trinajstić information content (AvgIpc) is 1.88. The molecule has 0 heterocycles. The van der Waals surface area contributed by atoms with Crippen LogP contribution < -0.4 is 11.1 Å². The van der Waals surface area contributed by atoms with Crippen LogP contribution in [0.25, 0.3) is 0 Å². The maximum absolute atomic E-state index is 12.2. The zero-order valence-corrected chi connectivity index (χ0v) is 5.25. The minimum atomic E-state index is -1.61. The highest BCUT2D eigenvalue weighted by atomic mass is 19.1. The van der Waals surface area contributed by atoms with Gasteiger partial charge in [-0.05, 0) is 0 Å². The lowest BCUT2D eigenvalue weighted by molar-refractivity contribution is -0.107. The third kappa shape index (κ3) is 3.99.